The molecule has 1 fully saturated rings. The molecule has 1 saturated heterocycles. The average molecular weight is 421 g/mol. The molecule has 2 N–H and O–H groups in total. The third-order valence-corrected chi connectivity index (χ3v) is 7.61. The third kappa shape index (κ3) is 5.12. The highest BCUT2D eigenvalue weighted by Gasteiger charge is 2.26. The molecular formula is C20H28N4O2S2. The maximum Gasteiger partial charge on any atom is 0.243 e. The van der Waals surface area contributed by atoms with E-state index >= 15 is 0 Å². The number of aliphatic imine (C=N–C) groups is 1. The van der Waals surface area contributed by atoms with E-state index in [1.807, 2.05) is 12.1 Å². The SMILES string of the molecule is CN=C(NCc1ccc(S(=O)(=O)N2CCCC2)cc1)NCC(C)c1ccsc1. The molecule has 1 aromatic carbocycles. The minimum Gasteiger partial charge on any atom is -0.356 e. The van der Waals surface area contributed by atoms with Crippen LogP contribution in [-0.4, -0.2) is 45.4 Å². The molecule has 8 heteroatoms. The fraction of sp³-hybridized carbons (Fsp3) is 0.450. The molecule has 152 valence electrons. The van der Waals surface area contributed by atoms with Gasteiger partial charge in [-0.25, -0.2) is 8.42 Å². The maximum atomic E-state index is 12.6. The zero-order chi connectivity index (χ0) is 20.0. The molecule has 0 amide bonds. The minimum absolute atomic E-state index is 0.366. The lowest BCUT2D eigenvalue weighted by molar-refractivity contribution is 0.477. The largest absolute Gasteiger partial charge is 0.356 e. The van der Waals surface area contributed by atoms with Gasteiger partial charge in [0, 0.05) is 33.2 Å². The second-order valence-electron chi connectivity index (χ2n) is 7.02. The van der Waals surface area contributed by atoms with Gasteiger partial charge in [-0.2, -0.15) is 15.6 Å². The summed E-state index contributed by atoms with van der Waals surface area (Å²) in [7, 11) is -1.61. The fourth-order valence-electron chi connectivity index (χ4n) is 3.19. The van der Waals surface area contributed by atoms with Gasteiger partial charge in [0.2, 0.25) is 10.0 Å². The molecule has 28 heavy (non-hydrogen) atoms. The fourth-order valence-corrected chi connectivity index (χ4v) is 5.49. The van der Waals surface area contributed by atoms with Crippen LogP contribution < -0.4 is 10.6 Å². The van der Waals surface area contributed by atoms with Crippen LogP contribution in [0.5, 0.6) is 0 Å². The van der Waals surface area contributed by atoms with Crippen molar-refractivity contribution in [1.29, 1.82) is 0 Å². The number of benzene rings is 1. The standard InChI is InChI=1S/C20H28N4O2S2/c1-16(18-9-12-27-15-18)13-22-20(21-2)23-14-17-5-7-19(8-6-17)28(25,26)24-10-3-4-11-24/h5-9,12,15-16H,3-4,10-11,13-14H2,1-2H3,(H2,21,22,23). The monoisotopic (exact) mass is 420 g/mol. The summed E-state index contributed by atoms with van der Waals surface area (Å²) in [5.41, 5.74) is 2.33. The number of sulfonamides is 1. The topological polar surface area (TPSA) is 73.8 Å². The lowest BCUT2D eigenvalue weighted by Crippen LogP contribution is -2.38. The lowest BCUT2D eigenvalue weighted by Gasteiger charge is -2.17. The van der Waals surface area contributed by atoms with Crippen LogP contribution in [0.2, 0.25) is 0 Å². The average Bonchev–Trinajstić information content (AvgIpc) is 3.42. The molecule has 0 bridgehead atoms. The Morgan fingerprint density at radius 3 is 2.50 bits per heavy atom. The van der Waals surface area contributed by atoms with Crippen molar-refractivity contribution in [3.8, 4) is 0 Å². The van der Waals surface area contributed by atoms with Crippen LogP contribution in [0, 0.1) is 0 Å². The molecule has 0 spiro atoms. The molecule has 1 aromatic heterocycles. The summed E-state index contributed by atoms with van der Waals surface area (Å²) >= 11 is 1.71. The number of thiophene rings is 1. The van der Waals surface area contributed by atoms with E-state index < -0.39 is 10.0 Å². The van der Waals surface area contributed by atoms with Gasteiger partial charge in [0.25, 0.3) is 0 Å². The second kappa shape index (κ2) is 9.54. The zero-order valence-electron chi connectivity index (χ0n) is 16.4. The number of nitrogens with zero attached hydrogens (tertiary/aromatic N) is 2. The quantitative estimate of drug-likeness (QED) is 0.533. The van der Waals surface area contributed by atoms with E-state index in [1.54, 1.807) is 34.8 Å². The van der Waals surface area contributed by atoms with Crippen LogP contribution in [0.3, 0.4) is 0 Å². The van der Waals surface area contributed by atoms with E-state index in [1.165, 1.54) is 5.56 Å². The van der Waals surface area contributed by atoms with Crippen molar-refractivity contribution in [2.45, 2.75) is 37.1 Å². The van der Waals surface area contributed by atoms with Gasteiger partial charge in [0.1, 0.15) is 0 Å². The number of guanidine groups is 1. The van der Waals surface area contributed by atoms with E-state index in [4.69, 9.17) is 0 Å². The molecule has 0 aliphatic carbocycles. The van der Waals surface area contributed by atoms with Crippen LogP contribution in [0.4, 0.5) is 0 Å². The van der Waals surface area contributed by atoms with Gasteiger partial charge in [-0.05, 0) is 58.8 Å². The third-order valence-electron chi connectivity index (χ3n) is 5.00. The van der Waals surface area contributed by atoms with Crippen molar-refractivity contribution in [2.75, 3.05) is 26.7 Å². The van der Waals surface area contributed by atoms with E-state index in [2.05, 4.69) is 39.4 Å². The Kier molecular flexibility index (Phi) is 7.09. The summed E-state index contributed by atoms with van der Waals surface area (Å²) in [4.78, 5) is 4.63. The summed E-state index contributed by atoms with van der Waals surface area (Å²) in [6, 6.07) is 9.25. The first-order chi connectivity index (χ1) is 13.5. The first-order valence-corrected chi connectivity index (χ1v) is 11.9. The lowest BCUT2D eigenvalue weighted by atomic mass is 10.1. The van der Waals surface area contributed by atoms with Gasteiger partial charge in [-0.1, -0.05) is 19.1 Å². The Balaban J connectivity index is 1.52. The predicted octanol–water partition coefficient (Wildman–Crippen LogP) is 3.00. The highest BCUT2D eigenvalue weighted by atomic mass is 32.2. The smallest absolute Gasteiger partial charge is 0.243 e. The summed E-state index contributed by atoms with van der Waals surface area (Å²) < 4.78 is 26.7. The molecule has 1 aliphatic heterocycles. The molecule has 2 aromatic rings. The van der Waals surface area contributed by atoms with Crippen molar-refractivity contribution < 1.29 is 8.42 Å². The number of hydrogen-bond acceptors (Lipinski definition) is 4. The van der Waals surface area contributed by atoms with Crippen molar-refractivity contribution in [1.82, 2.24) is 14.9 Å². The Labute approximate surface area is 171 Å². The van der Waals surface area contributed by atoms with Crippen molar-refractivity contribution in [3.63, 3.8) is 0 Å². The summed E-state index contributed by atoms with van der Waals surface area (Å²) in [6.07, 6.45) is 1.89. The molecule has 1 aliphatic rings. The molecular weight excluding hydrogens is 392 g/mol. The number of hydrogen-bond donors (Lipinski definition) is 2. The Bertz CT molecular complexity index is 871. The summed E-state index contributed by atoms with van der Waals surface area (Å²) in [5.74, 6) is 1.13. The Morgan fingerprint density at radius 2 is 1.89 bits per heavy atom. The molecule has 6 nitrogen and oxygen atoms in total. The first-order valence-electron chi connectivity index (χ1n) is 9.56. The van der Waals surface area contributed by atoms with E-state index in [0.29, 0.717) is 30.4 Å². The van der Waals surface area contributed by atoms with Gasteiger partial charge in [-0.15, -0.1) is 0 Å². The summed E-state index contributed by atoms with van der Waals surface area (Å²) in [6.45, 7) is 4.80. The van der Waals surface area contributed by atoms with Crippen molar-refractivity contribution >= 4 is 27.3 Å². The Morgan fingerprint density at radius 1 is 1.18 bits per heavy atom. The second-order valence-corrected chi connectivity index (χ2v) is 9.74. The van der Waals surface area contributed by atoms with Gasteiger partial charge in [0.05, 0.1) is 4.90 Å². The van der Waals surface area contributed by atoms with E-state index in [0.717, 1.165) is 30.9 Å². The maximum absolute atomic E-state index is 12.6. The van der Waals surface area contributed by atoms with Crippen molar-refractivity contribution in [3.05, 3.63) is 52.2 Å². The highest BCUT2D eigenvalue weighted by Crippen LogP contribution is 2.21. The molecule has 0 saturated carbocycles. The van der Waals surface area contributed by atoms with Crippen LogP contribution in [-0.2, 0) is 16.6 Å². The molecule has 3 rings (SSSR count). The normalized spacial score (nSPS) is 16.9. The number of nitrogens with one attached hydrogen (secondary N) is 2. The molecule has 1 atom stereocenters. The minimum atomic E-state index is -3.35. The van der Waals surface area contributed by atoms with Gasteiger partial charge in [0.15, 0.2) is 5.96 Å². The summed E-state index contributed by atoms with van der Waals surface area (Å²) in [5, 5.41) is 10.9. The van der Waals surface area contributed by atoms with Crippen LogP contribution in [0.1, 0.15) is 36.8 Å². The van der Waals surface area contributed by atoms with Gasteiger partial charge < -0.3 is 10.6 Å². The van der Waals surface area contributed by atoms with Crippen LogP contribution in [0.15, 0.2) is 51.0 Å². The predicted molar refractivity (Wildman–Crippen MR) is 115 cm³/mol. The van der Waals surface area contributed by atoms with Gasteiger partial charge >= 0.3 is 0 Å². The van der Waals surface area contributed by atoms with Crippen molar-refractivity contribution in [2.24, 2.45) is 4.99 Å². The van der Waals surface area contributed by atoms with Crippen LogP contribution >= 0.6 is 11.3 Å². The number of rotatable bonds is 7. The molecule has 0 radical (unpaired) electrons. The zero-order valence-corrected chi connectivity index (χ0v) is 18.0. The van der Waals surface area contributed by atoms with Gasteiger partial charge in [-0.3, -0.25) is 4.99 Å². The van der Waals surface area contributed by atoms with E-state index in [-0.39, 0.29) is 0 Å². The van der Waals surface area contributed by atoms with E-state index in [9.17, 15) is 8.42 Å². The Hall–Kier alpha value is -1.90. The molecule has 2 heterocycles. The highest BCUT2D eigenvalue weighted by molar-refractivity contribution is 7.89. The molecule has 1 unspecified atom stereocenters. The van der Waals surface area contributed by atoms with Crippen LogP contribution in [0.25, 0.3) is 0 Å². The first kappa shape index (κ1) is 20.8.